The molecule has 220 valence electrons. The second-order valence-electron chi connectivity index (χ2n) is 12.3. The van der Waals surface area contributed by atoms with Gasteiger partial charge in [0.15, 0.2) is 0 Å². The van der Waals surface area contributed by atoms with Crippen molar-refractivity contribution in [2.45, 2.75) is 12.8 Å². The van der Waals surface area contributed by atoms with Crippen LogP contribution in [0.4, 0.5) is 0 Å². The summed E-state index contributed by atoms with van der Waals surface area (Å²) in [7, 11) is 0. The first-order valence-corrected chi connectivity index (χ1v) is 16.0. The first-order valence-electron chi connectivity index (χ1n) is 16.0. The van der Waals surface area contributed by atoms with Gasteiger partial charge in [0, 0.05) is 38.2 Å². The van der Waals surface area contributed by atoms with Crippen LogP contribution in [0.25, 0.3) is 88.8 Å². The van der Waals surface area contributed by atoms with Crippen LogP contribution in [0.15, 0.2) is 136 Å². The van der Waals surface area contributed by atoms with Gasteiger partial charge >= 0.3 is 0 Å². The van der Waals surface area contributed by atoms with Crippen LogP contribution >= 0.6 is 0 Å². The van der Waals surface area contributed by atoms with Gasteiger partial charge < -0.3 is 13.4 Å². The van der Waals surface area contributed by atoms with Crippen molar-refractivity contribution in [1.82, 2.24) is 4.57 Å². The van der Waals surface area contributed by atoms with Gasteiger partial charge in [0.05, 0.1) is 22.8 Å². The van der Waals surface area contributed by atoms with Crippen molar-refractivity contribution < 1.29 is 8.83 Å². The SMILES string of the molecule is N#Cc1cccc(-n2c3c(c4ccccc42)CCC=C3)c1-c1ccc2oc3ccc4oc5ccc(-c6ccccc6)cc5c4c3c2c1. The third kappa shape index (κ3) is 3.75. The van der Waals surface area contributed by atoms with Gasteiger partial charge in [-0.3, -0.25) is 0 Å². The smallest absolute Gasteiger partial charge is 0.136 e. The lowest BCUT2D eigenvalue weighted by Crippen LogP contribution is -2.03. The highest BCUT2D eigenvalue weighted by Gasteiger charge is 2.23. The lowest BCUT2D eigenvalue weighted by Gasteiger charge is -2.17. The van der Waals surface area contributed by atoms with E-state index in [9.17, 15) is 5.26 Å². The summed E-state index contributed by atoms with van der Waals surface area (Å²) in [5, 5.41) is 15.8. The second kappa shape index (κ2) is 9.84. The molecule has 0 spiro atoms. The zero-order chi connectivity index (χ0) is 31.1. The molecule has 0 saturated heterocycles. The van der Waals surface area contributed by atoms with Crippen LogP contribution in [0.2, 0.25) is 0 Å². The molecule has 0 fully saturated rings. The predicted molar refractivity (Wildman–Crippen MR) is 191 cm³/mol. The average Bonchev–Trinajstić information content (AvgIpc) is 3.80. The number of aryl methyl sites for hydroxylation is 1. The summed E-state index contributed by atoms with van der Waals surface area (Å²) in [6.45, 7) is 0. The Morgan fingerprint density at radius 2 is 1.28 bits per heavy atom. The van der Waals surface area contributed by atoms with Gasteiger partial charge in [-0.15, -0.1) is 0 Å². The van der Waals surface area contributed by atoms with Crippen LogP contribution in [0.5, 0.6) is 0 Å². The Balaban J connectivity index is 1.26. The Bertz CT molecular complexity index is 2800. The van der Waals surface area contributed by atoms with E-state index in [1.807, 2.05) is 36.4 Å². The minimum Gasteiger partial charge on any atom is -0.456 e. The van der Waals surface area contributed by atoms with Gasteiger partial charge in [-0.05, 0) is 95.8 Å². The number of rotatable bonds is 3. The molecule has 47 heavy (non-hydrogen) atoms. The summed E-state index contributed by atoms with van der Waals surface area (Å²) in [6.07, 6.45) is 6.51. The van der Waals surface area contributed by atoms with E-state index in [-0.39, 0.29) is 0 Å². The van der Waals surface area contributed by atoms with E-state index >= 15 is 0 Å². The molecule has 0 aliphatic heterocycles. The molecule has 0 radical (unpaired) electrons. The van der Waals surface area contributed by atoms with Crippen molar-refractivity contribution in [3.05, 3.63) is 144 Å². The Morgan fingerprint density at radius 3 is 2.04 bits per heavy atom. The minimum absolute atomic E-state index is 0.632. The predicted octanol–water partition coefficient (Wildman–Crippen LogP) is 11.6. The molecule has 0 N–H and O–H groups in total. The lowest BCUT2D eigenvalue weighted by molar-refractivity contribution is 0.663. The monoisotopic (exact) mass is 602 g/mol. The number of hydrogen-bond donors (Lipinski definition) is 0. The number of aromatic nitrogens is 1. The van der Waals surface area contributed by atoms with Gasteiger partial charge in [-0.2, -0.15) is 5.26 Å². The Morgan fingerprint density at radius 1 is 0.596 bits per heavy atom. The third-order valence-corrected chi connectivity index (χ3v) is 9.72. The van der Waals surface area contributed by atoms with Crippen LogP contribution in [0, 0.1) is 11.3 Å². The zero-order valence-corrected chi connectivity index (χ0v) is 25.3. The molecule has 3 heterocycles. The quantitative estimate of drug-likeness (QED) is 0.202. The highest BCUT2D eigenvalue weighted by atomic mass is 16.3. The molecule has 4 nitrogen and oxygen atoms in total. The molecule has 1 aliphatic carbocycles. The maximum Gasteiger partial charge on any atom is 0.136 e. The van der Waals surface area contributed by atoms with E-state index in [0.717, 1.165) is 90.2 Å². The molecule has 0 amide bonds. The summed E-state index contributed by atoms with van der Waals surface area (Å²) in [4.78, 5) is 0. The molecule has 4 heteroatoms. The number of hydrogen-bond acceptors (Lipinski definition) is 3. The molecule has 0 unspecified atom stereocenters. The fraction of sp³-hybridized carbons (Fsp3) is 0.0465. The van der Waals surface area contributed by atoms with E-state index in [2.05, 4.69) is 108 Å². The Labute approximate surface area is 270 Å². The largest absolute Gasteiger partial charge is 0.456 e. The van der Waals surface area contributed by atoms with Gasteiger partial charge in [0.25, 0.3) is 0 Å². The standard InChI is InChI=1S/C43H26N2O2/c44-25-29-11-8-16-36(45-34-14-6-4-12-30(34)31-13-5-7-15-35(31)45)41(29)28-18-20-38-33(24-28)43-40(47-38)22-21-39-42(43)32-23-27(17-19-37(32)46-39)26-9-2-1-3-10-26/h1-4,6-12,14-24H,5,13H2. The van der Waals surface area contributed by atoms with E-state index in [4.69, 9.17) is 8.83 Å². The third-order valence-electron chi connectivity index (χ3n) is 9.72. The van der Waals surface area contributed by atoms with Crippen molar-refractivity contribution >= 4 is 60.9 Å². The van der Waals surface area contributed by atoms with Crippen molar-refractivity contribution in [1.29, 1.82) is 5.26 Å². The van der Waals surface area contributed by atoms with Crippen LogP contribution in [0.1, 0.15) is 23.2 Å². The topological polar surface area (TPSA) is 55.0 Å². The summed E-state index contributed by atoms with van der Waals surface area (Å²) in [5.41, 5.74) is 12.7. The molecule has 6 aromatic carbocycles. The first-order chi connectivity index (χ1) is 23.3. The van der Waals surface area contributed by atoms with Crippen LogP contribution in [-0.4, -0.2) is 4.57 Å². The Hall–Kier alpha value is -6.31. The van der Waals surface area contributed by atoms with Gasteiger partial charge in [0.1, 0.15) is 22.3 Å². The van der Waals surface area contributed by atoms with E-state index in [0.29, 0.717) is 5.56 Å². The van der Waals surface area contributed by atoms with E-state index in [1.54, 1.807) is 0 Å². The fourth-order valence-electron chi connectivity index (χ4n) is 7.67. The highest BCUT2D eigenvalue weighted by Crippen LogP contribution is 2.44. The summed E-state index contributed by atoms with van der Waals surface area (Å²) in [6, 6.07) is 44.2. The zero-order valence-electron chi connectivity index (χ0n) is 25.3. The first kappa shape index (κ1) is 26.0. The summed E-state index contributed by atoms with van der Waals surface area (Å²) >= 11 is 0. The maximum absolute atomic E-state index is 10.4. The maximum atomic E-state index is 10.4. The number of nitriles is 1. The number of nitrogens with zero attached hydrogens (tertiary/aromatic N) is 2. The van der Waals surface area contributed by atoms with E-state index < -0.39 is 0 Å². The Kier molecular flexibility index (Phi) is 5.44. The van der Waals surface area contributed by atoms with Crippen LogP contribution in [-0.2, 0) is 6.42 Å². The van der Waals surface area contributed by atoms with Crippen molar-refractivity contribution in [3.8, 4) is 34.0 Å². The fourth-order valence-corrected chi connectivity index (χ4v) is 7.67. The minimum atomic E-state index is 0.632. The van der Waals surface area contributed by atoms with Crippen LogP contribution < -0.4 is 0 Å². The van der Waals surface area contributed by atoms with Gasteiger partial charge in [0.2, 0.25) is 0 Å². The van der Waals surface area contributed by atoms with Gasteiger partial charge in [-0.1, -0.05) is 72.8 Å². The van der Waals surface area contributed by atoms with Crippen LogP contribution in [0.3, 0.4) is 0 Å². The highest BCUT2D eigenvalue weighted by molar-refractivity contribution is 6.26. The summed E-state index contributed by atoms with van der Waals surface area (Å²) < 4.78 is 15.2. The molecule has 3 aromatic heterocycles. The number of allylic oxidation sites excluding steroid dienone is 1. The molecular weight excluding hydrogens is 576 g/mol. The second-order valence-corrected chi connectivity index (χ2v) is 12.3. The summed E-state index contributed by atoms with van der Waals surface area (Å²) in [5.74, 6) is 0. The number of furan rings is 2. The van der Waals surface area contributed by atoms with E-state index in [1.165, 1.54) is 16.6 Å². The molecule has 9 aromatic rings. The molecular formula is C43H26N2O2. The van der Waals surface area contributed by atoms with Crippen molar-refractivity contribution in [2.75, 3.05) is 0 Å². The average molecular weight is 603 g/mol. The number of fused-ring (bicyclic) bond motifs is 10. The molecule has 0 atom stereocenters. The normalized spacial score (nSPS) is 12.8. The molecule has 0 bridgehead atoms. The number of benzene rings is 6. The molecule has 10 rings (SSSR count). The lowest BCUT2D eigenvalue weighted by atomic mass is 9.95. The molecule has 1 aliphatic rings. The van der Waals surface area contributed by atoms with Gasteiger partial charge in [-0.25, -0.2) is 0 Å². The van der Waals surface area contributed by atoms with Crippen molar-refractivity contribution in [2.24, 2.45) is 0 Å². The van der Waals surface area contributed by atoms with Crippen molar-refractivity contribution in [3.63, 3.8) is 0 Å². The number of para-hydroxylation sites is 1. The molecule has 0 saturated carbocycles.